The highest BCUT2D eigenvalue weighted by Crippen LogP contribution is 2.36. The minimum atomic E-state index is -1.41. The molecule has 0 spiro atoms. The number of esters is 2. The van der Waals surface area contributed by atoms with Crippen molar-refractivity contribution in [3.8, 4) is 0 Å². The lowest BCUT2D eigenvalue weighted by Crippen LogP contribution is -2.42. The van der Waals surface area contributed by atoms with E-state index in [2.05, 4.69) is 6.58 Å². The highest BCUT2D eigenvalue weighted by Gasteiger charge is 2.48. The molecular formula is C15H23ClO4. The Kier molecular flexibility index (Phi) is 8.97. The van der Waals surface area contributed by atoms with E-state index in [0.29, 0.717) is 6.42 Å². The van der Waals surface area contributed by atoms with Crippen LogP contribution in [0.1, 0.15) is 40.0 Å². The molecule has 114 valence electrons. The van der Waals surface area contributed by atoms with Crippen LogP contribution in [0.4, 0.5) is 0 Å². The minimum Gasteiger partial charge on any atom is -0.465 e. The van der Waals surface area contributed by atoms with Crippen LogP contribution in [0, 0.1) is 5.41 Å². The average Bonchev–Trinajstić information content (AvgIpc) is 2.37. The van der Waals surface area contributed by atoms with E-state index in [9.17, 15) is 9.59 Å². The molecule has 20 heavy (non-hydrogen) atoms. The van der Waals surface area contributed by atoms with Gasteiger partial charge in [-0.2, -0.15) is 0 Å². The number of carbonyl (C=O) groups excluding carboxylic acids is 2. The maximum absolute atomic E-state index is 12.3. The smallest absolute Gasteiger partial charge is 0.323 e. The van der Waals surface area contributed by atoms with Gasteiger partial charge < -0.3 is 9.47 Å². The second-order valence-corrected chi connectivity index (χ2v) is 4.86. The maximum Gasteiger partial charge on any atom is 0.323 e. The van der Waals surface area contributed by atoms with Gasteiger partial charge in [0.2, 0.25) is 0 Å². The van der Waals surface area contributed by atoms with Crippen molar-refractivity contribution in [2.45, 2.75) is 40.0 Å². The minimum absolute atomic E-state index is 0.0176. The Morgan fingerprint density at radius 2 is 1.70 bits per heavy atom. The van der Waals surface area contributed by atoms with Crippen molar-refractivity contribution in [2.24, 2.45) is 5.41 Å². The molecule has 0 atom stereocenters. The Balaban J connectivity index is 5.42. The topological polar surface area (TPSA) is 52.6 Å². The largest absolute Gasteiger partial charge is 0.465 e. The highest BCUT2D eigenvalue weighted by atomic mass is 35.5. The van der Waals surface area contributed by atoms with Gasteiger partial charge in [-0.25, -0.2) is 0 Å². The van der Waals surface area contributed by atoms with E-state index in [-0.39, 0.29) is 31.1 Å². The van der Waals surface area contributed by atoms with Crippen LogP contribution in [-0.2, 0) is 19.1 Å². The molecule has 0 unspecified atom stereocenters. The van der Waals surface area contributed by atoms with Crippen LogP contribution < -0.4 is 0 Å². The van der Waals surface area contributed by atoms with Crippen molar-refractivity contribution in [3.05, 3.63) is 23.8 Å². The summed E-state index contributed by atoms with van der Waals surface area (Å²) >= 11 is 5.84. The van der Waals surface area contributed by atoms with Gasteiger partial charge >= 0.3 is 11.9 Å². The number of hydrogen-bond acceptors (Lipinski definition) is 4. The molecule has 0 aliphatic carbocycles. The zero-order valence-electron chi connectivity index (χ0n) is 12.4. The molecule has 0 amide bonds. The van der Waals surface area contributed by atoms with Crippen LogP contribution in [0.15, 0.2) is 23.8 Å². The highest BCUT2D eigenvalue weighted by molar-refractivity contribution is 6.29. The average molecular weight is 303 g/mol. The molecule has 0 heterocycles. The van der Waals surface area contributed by atoms with Gasteiger partial charge in [0.1, 0.15) is 0 Å². The summed E-state index contributed by atoms with van der Waals surface area (Å²) < 4.78 is 10.1. The first-order valence-corrected chi connectivity index (χ1v) is 7.11. The zero-order valence-corrected chi connectivity index (χ0v) is 13.2. The second-order valence-electron chi connectivity index (χ2n) is 4.32. The molecule has 0 aliphatic heterocycles. The van der Waals surface area contributed by atoms with E-state index in [4.69, 9.17) is 21.1 Å². The van der Waals surface area contributed by atoms with Crippen LogP contribution in [0.3, 0.4) is 0 Å². The fraction of sp³-hybridized carbons (Fsp3) is 0.600. The molecule has 0 aromatic heterocycles. The number of allylic oxidation sites excluding steroid dienone is 3. The Hall–Kier alpha value is -1.29. The predicted molar refractivity (Wildman–Crippen MR) is 79.4 cm³/mol. The van der Waals surface area contributed by atoms with E-state index in [1.54, 1.807) is 13.8 Å². The van der Waals surface area contributed by atoms with E-state index in [1.807, 2.05) is 19.1 Å². The molecule has 0 aliphatic rings. The van der Waals surface area contributed by atoms with Gasteiger partial charge in [0.15, 0.2) is 5.41 Å². The molecule has 0 bridgehead atoms. The molecule has 0 radical (unpaired) electrons. The van der Waals surface area contributed by atoms with Crippen molar-refractivity contribution in [1.82, 2.24) is 0 Å². The fourth-order valence-corrected chi connectivity index (χ4v) is 2.11. The summed E-state index contributed by atoms with van der Waals surface area (Å²) in [5, 5.41) is 0.228. The van der Waals surface area contributed by atoms with Crippen molar-refractivity contribution in [3.63, 3.8) is 0 Å². The lowest BCUT2D eigenvalue weighted by atomic mass is 9.79. The summed E-state index contributed by atoms with van der Waals surface area (Å²) in [6.07, 6.45) is 4.59. The second kappa shape index (κ2) is 9.59. The summed E-state index contributed by atoms with van der Waals surface area (Å²) in [5.74, 6) is -1.21. The predicted octanol–water partition coefficient (Wildman–Crippen LogP) is 3.60. The first-order chi connectivity index (χ1) is 9.44. The normalized spacial score (nSPS) is 11.4. The summed E-state index contributed by atoms with van der Waals surface area (Å²) in [5.41, 5.74) is -1.41. The van der Waals surface area contributed by atoms with Gasteiger partial charge in [-0.3, -0.25) is 9.59 Å². The molecule has 0 fully saturated rings. The Labute approximate surface area is 125 Å². The van der Waals surface area contributed by atoms with E-state index in [1.165, 1.54) is 0 Å². The van der Waals surface area contributed by atoms with Gasteiger partial charge in [-0.15, -0.1) is 0 Å². The first-order valence-electron chi connectivity index (χ1n) is 6.73. The van der Waals surface area contributed by atoms with Crippen LogP contribution >= 0.6 is 11.6 Å². The summed E-state index contributed by atoms with van der Waals surface area (Å²) in [4.78, 5) is 24.5. The van der Waals surface area contributed by atoms with E-state index >= 15 is 0 Å². The molecular weight excluding hydrogens is 280 g/mol. The lowest BCUT2D eigenvalue weighted by molar-refractivity contribution is -0.172. The third kappa shape index (κ3) is 5.37. The first kappa shape index (κ1) is 18.7. The van der Waals surface area contributed by atoms with Crippen molar-refractivity contribution in [2.75, 3.05) is 13.2 Å². The SMILES string of the molecule is C=C(Cl)CC(CC/C=C\C)(C(=O)OCC)C(=O)OCC. The fourth-order valence-electron chi connectivity index (χ4n) is 1.88. The van der Waals surface area contributed by atoms with Gasteiger partial charge in [0, 0.05) is 11.5 Å². The van der Waals surface area contributed by atoms with Gasteiger partial charge in [0.25, 0.3) is 0 Å². The van der Waals surface area contributed by atoms with E-state index < -0.39 is 17.4 Å². The molecule has 0 aromatic rings. The standard InChI is InChI=1S/C15H23ClO4/c1-5-8-9-10-15(11-12(4)16,13(17)19-6-2)14(18)20-7-3/h5,8H,4,6-7,9-11H2,1-3H3/b8-5-. The monoisotopic (exact) mass is 302 g/mol. The zero-order chi connectivity index (χ0) is 15.6. The summed E-state index contributed by atoms with van der Waals surface area (Å²) in [7, 11) is 0. The molecule has 0 N–H and O–H groups in total. The summed E-state index contributed by atoms with van der Waals surface area (Å²) in [6.45, 7) is 9.22. The van der Waals surface area contributed by atoms with Crippen molar-refractivity contribution in [1.29, 1.82) is 0 Å². The number of ether oxygens (including phenoxy) is 2. The molecule has 4 nitrogen and oxygen atoms in total. The van der Waals surface area contributed by atoms with E-state index in [0.717, 1.165) is 0 Å². The number of carbonyl (C=O) groups is 2. The maximum atomic E-state index is 12.3. The quantitative estimate of drug-likeness (QED) is 0.371. The number of rotatable bonds is 9. The molecule has 0 aromatic carbocycles. The molecule has 0 saturated carbocycles. The Morgan fingerprint density at radius 1 is 1.20 bits per heavy atom. The third-order valence-corrected chi connectivity index (χ3v) is 2.93. The molecule has 0 rings (SSSR count). The van der Waals surface area contributed by atoms with Gasteiger partial charge in [-0.1, -0.05) is 30.3 Å². The Bertz CT molecular complexity index is 356. The lowest BCUT2D eigenvalue weighted by Gasteiger charge is -2.28. The third-order valence-electron chi connectivity index (χ3n) is 2.80. The van der Waals surface area contributed by atoms with Gasteiger partial charge in [0.05, 0.1) is 13.2 Å². The number of halogens is 1. The van der Waals surface area contributed by atoms with Gasteiger partial charge in [-0.05, 0) is 33.6 Å². The van der Waals surface area contributed by atoms with Crippen LogP contribution in [0.5, 0.6) is 0 Å². The van der Waals surface area contributed by atoms with Crippen molar-refractivity contribution < 1.29 is 19.1 Å². The Morgan fingerprint density at radius 3 is 2.05 bits per heavy atom. The van der Waals surface area contributed by atoms with Crippen LogP contribution in [0.25, 0.3) is 0 Å². The molecule has 0 saturated heterocycles. The molecule has 5 heteroatoms. The van der Waals surface area contributed by atoms with Crippen LogP contribution in [-0.4, -0.2) is 25.2 Å². The number of hydrogen-bond donors (Lipinski definition) is 0. The summed E-state index contributed by atoms with van der Waals surface area (Å²) in [6, 6.07) is 0. The van der Waals surface area contributed by atoms with Crippen molar-refractivity contribution >= 4 is 23.5 Å². The van der Waals surface area contributed by atoms with Crippen LogP contribution in [0.2, 0.25) is 0 Å².